The van der Waals surface area contributed by atoms with E-state index in [-0.39, 0.29) is 5.91 Å². The first-order valence-electron chi connectivity index (χ1n) is 3.96. The summed E-state index contributed by atoms with van der Waals surface area (Å²) in [5.41, 5.74) is 1.00. The molecule has 1 aromatic heterocycles. The predicted octanol–water partition coefficient (Wildman–Crippen LogP) is 1.97. The van der Waals surface area contributed by atoms with Crippen LogP contribution in [0.4, 0.5) is 0 Å². The van der Waals surface area contributed by atoms with Crippen molar-refractivity contribution in [3.8, 4) is 0 Å². The Balaban J connectivity index is 2.43. The van der Waals surface area contributed by atoms with E-state index in [1.807, 2.05) is 0 Å². The highest BCUT2D eigenvalue weighted by Gasteiger charge is 2.21. The fourth-order valence-corrected chi connectivity index (χ4v) is 2.67. The molecular weight excluding hydrogens is 243 g/mol. The van der Waals surface area contributed by atoms with Crippen LogP contribution in [0.5, 0.6) is 0 Å². The van der Waals surface area contributed by atoms with Crippen LogP contribution in [0.25, 0.3) is 0 Å². The van der Waals surface area contributed by atoms with Gasteiger partial charge in [0, 0.05) is 12.1 Å². The quantitative estimate of drug-likeness (QED) is 0.812. The Morgan fingerprint density at radius 1 is 1.50 bits per heavy atom. The molecule has 0 unspecified atom stereocenters. The summed E-state index contributed by atoms with van der Waals surface area (Å²) in [5.74, 6) is -0.187. The molecule has 1 aliphatic rings. The third-order valence-corrected chi connectivity index (χ3v) is 3.28. The van der Waals surface area contributed by atoms with Gasteiger partial charge in [-0.2, -0.15) is 0 Å². The Labute approximate surface area is 94.7 Å². The molecule has 1 aliphatic heterocycles. The molecule has 2 heterocycles. The zero-order valence-corrected chi connectivity index (χ0v) is 9.34. The Hall–Kier alpha value is -0.580. The monoisotopic (exact) mass is 248 g/mol. The van der Waals surface area contributed by atoms with Gasteiger partial charge in [-0.05, 0) is 6.07 Å². The normalized spacial score (nSPS) is 16.4. The van der Waals surface area contributed by atoms with Crippen LogP contribution in [-0.2, 0) is 4.79 Å². The van der Waals surface area contributed by atoms with E-state index in [0.29, 0.717) is 33.0 Å². The van der Waals surface area contributed by atoms with Gasteiger partial charge in [0.25, 0.3) is 5.91 Å². The standard InChI is InChI=1S/C8H6Cl2N2OS/c9-5-3-4(7(10)14-5)6-8(13)12-2-1-11-6/h3H,1-2H2,(H,12,13). The summed E-state index contributed by atoms with van der Waals surface area (Å²) in [7, 11) is 0. The van der Waals surface area contributed by atoms with E-state index in [2.05, 4.69) is 10.3 Å². The van der Waals surface area contributed by atoms with Crippen molar-refractivity contribution in [3.05, 3.63) is 20.3 Å². The van der Waals surface area contributed by atoms with Crippen LogP contribution >= 0.6 is 34.5 Å². The lowest BCUT2D eigenvalue weighted by Crippen LogP contribution is -2.37. The zero-order valence-electron chi connectivity index (χ0n) is 7.01. The van der Waals surface area contributed by atoms with Crippen molar-refractivity contribution >= 4 is 46.2 Å². The highest BCUT2D eigenvalue weighted by atomic mass is 35.5. The second-order valence-corrected chi connectivity index (χ2v) is 5.01. The second kappa shape index (κ2) is 3.88. The van der Waals surface area contributed by atoms with Crippen LogP contribution in [0, 0.1) is 0 Å². The fraction of sp³-hybridized carbons (Fsp3) is 0.250. The number of nitrogens with zero attached hydrogens (tertiary/aromatic N) is 1. The number of aliphatic imine (C=N–C) groups is 1. The average Bonchev–Trinajstić information content (AvgIpc) is 2.46. The van der Waals surface area contributed by atoms with E-state index in [4.69, 9.17) is 23.2 Å². The number of rotatable bonds is 1. The van der Waals surface area contributed by atoms with E-state index >= 15 is 0 Å². The number of carbonyl (C=O) groups excluding carboxylic acids is 1. The molecule has 0 bridgehead atoms. The van der Waals surface area contributed by atoms with Gasteiger partial charge in [0.1, 0.15) is 10.0 Å². The largest absolute Gasteiger partial charge is 0.349 e. The Bertz CT molecular complexity index is 413. The van der Waals surface area contributed by atoms with Crippen molar-refractivity contribution in [2.75, 3.05) is 13.1 Å². The maximum Gasteiger partial charge on any atom is 0.270 e. The van der Waals surface area contributed by atoms with Crippen LogP contribution in [0.15, 0.2) is 11.1 Å². The summed E-state index contributed by atoms with van der Waals surface area (Å²) in [5, 5.41) is 2.70. The molecular formula is C8H6Cl2N2OS. The molecule has 0 radical (unpaired) electrons. The molecule has 0 fully saturated rings. The van der Waals surface area contributed by atoms with Crippen LogP contribution in [0.2, 0.25) is 8.67 Å². The smallest absolute Gasteiger partial charge is 0.270 e. The van der Waals surface area contributed by atoms with Crippen molar-refractivity contribution in [2.24, 2.45) is 4.99 Å². The Morgan fingerprint density at radius 2 is 2.29 bits per heavy atom. The highest BCUT2D eigenvalue weighted by molar-refractivity contribution is 7.20. The van der Waals surface area contributed by atoms with Crippen molar-refractivity contribution in [1.29, 1.82) is 0 Å². The minimum Gasteiger partial charge on any atom is -0.349 e. The molecule has 0 saturated carbocycles. The average molecular weight is 249 g/mol. The number of nitrogens with one attached hydrogen (secondary N) is 1. The lowest BCUT2D eigenvalue weighted by molar-refractivity contribution is -0.114. The molecule has 0 aliphatic carbocycles. The van der Waals surface area contributed by atoms with Crippen LogP contribution in [-0.4, -0.2) is 24.7 Å². The molecule has 0 spiro atoms. The van der Waals surface area contributed by atoms with Gasteiger partial charge in [0.05, 0.1) is 10.9 Å². The Kier molecular flexibility index (Phi) is 2.76. The van der Waals surface area contributed by atoms with Gasteiger partial charge < -0.3 is 5.32 Å². The topological polar surface area (TPSA) is 41.5 Å². The van der Waals surface area contributed by atoms with Gasteiger partial charge in [0.15, 0.2) is 0 Å². The summed E-state index contributed by atoms with van der Waals surface area (Å²) in [4.78, 5) is 15.5. The van der Waals surface area contributed by atoms with E-state index in [0.717, 1.165) is 0 Å². The second-order valence-electron chi connectivity index (χ2n) is 2.72. The number of carbonyl (C=O) groups is 1. The van der Waals surface area contributed by atoms with Gasteiger partial charge in [-0.3, -0.25) is 9.79 Å². The van der Waals surface area contributed by atoms with E-state index in [9.17, 15) is 4.79 Å². The molecule has 6 heteroatoms. The van der Waals surface area contributed by atoms with Crippen LogP contribution in [0.3, 0.4) is 0 Å². The molecule has 1 aromatic rings. The van der Waals surface area contributed by atoms with Crippen molar-refractivity contribution < 1.29 is 4.79 Å². The predicted molar refractivity (Wildman–Crippen MR) is 58.8 cm³/mol. The minimum atomic E-state index is -0.187. The Morgan fingerprint density at radius 3 is 2.86 bits per heavy atom. The van der Waals surface area contributed by atoms with Crippen LogP contribution < -0.4 is 5.32 Å². The highest BCUT2D eigenvalue weighted by Crippen LogP contribution is 2.31. The summed E-state index contributed by atoms with van der Waals surface area (Å²) in [6.07, 6.45) is 0. The van der Waals surface area contributed by atoms with E-state index < -0.39 is 0 Å². The number of thiophene rings is 1. The van der Waals surface area contributed by atoms with Gasteiger partial charge in [-0.25, -0.2) is 0 Å². The SMILES string of the molecule is O=C1NCCN=C1c1cc(Cl)sc1Cl. The first-order chi connectivity index (χ1) is 6.68. The number of halogens is 2. The van der Waals surface area contributed by atoms with Gasteiger partial charge in [-0.1, -0.05) is 23.2 Å². The van der Waals surface area contributed by atoms with Gasteiger partial charge in [0.2, 0.25) is 0 Å². The van der Waals surface area contributed by atoms with Crippen molar-refractivity contribution in [1.82, 2.24) is 5.32 Å². The minimum absolute atomic E-state index is 0.187. The molecule has 1 N–H and O–H groups in total. The van der Waals surface area contributed by atoms with Crippen LogP contribution in [0.1, 0.15) is 5.56 Å². The molecule has 14 heavy (non-hydrogen) atoms. The van der Waals surface area contributed by atoms with Gasteiger partial charge >= 0.3 is 0 Å². The molecule has 0 aromatic carbocycles. The fourth-order valence-electron chi connectivity index (χ4n) is 1.20. The maximum absolute atomic E-state index is 11.4. The molecule has 1 amide bonds. The first kappa shape index (κ1) is 9.96. The van der Waals surface area contributed by atoms with Crippen molar-refractivity contribution in [2.45, 2.75) is 0 Å². The molecule has 74 valence electrons. The van der Waals surface area contributed by atoms with E-state index in [1.165, 1.54) is 11.3 Å². The number of amides is 1. The summed E-state index contributed by atoms with van der Waals surface area (Å²) < 4.78 is 1.07. The third-order valence-electron chi connectivity index (χ3n) is 1.79. The zero-order chi connectivity index (χ0) is 10.1. The number of hydrogen-bond donors (Lipinski definition) is 1. The summed E-state index contributed by atoms with van der Waals surface area (Å²) in [6, 6.07) is 1.66. The number of hydrogen-bond acceptors (Lipinski definition) is 3. The summed E-state index contributed by atoms with van der Waals surface area (Å²) in [6.45, 7) is 1.17. The van der Waals surface area contributed by atoms with E-state index in [1.54, 1.807) is 6.07 Å². The van der Waals surface area contributed by atoms with Crippen molar-refractivity contribution in [3.63, 3.8) is 0 Å². The molecule has 3 nitrogen and oxygen atoms in total. The molecule has 0 atom stereocenters. The molecule has 2 rings (SSSR count). The first-order valence-corrected chi connectivity index (χ1v) is 5.53. The summed E-state index contributed by atoms with van der Waals surface area (Å²) >= 11 is 12.9. The molecule has 0 saturated heterocycles. The van der Waals surface area contributed by atoms with Gasteiger partial charge in [-0.15, -0.1) is 11.3 Å². The third kappa shape index (κ3) is 1.78. The lowest BCUT2D eigenvalue weighted by Gasteiger charge is -2.11. The maximum atomic E-state index is 11.4. The lowest BCUT2D eigenvalue weighted by atomic mass is 10.2.